The highest BCUT2D eigenvalue weighted by Crippen LogP contribution is 2.12. The molecule has 0 aliphatic carbocycles. The maximum Gasteiger partial charge on any atom is 0.0770 e. The van der Waals surface area contributed by atoms with E-state index in [0.29, 0.717) is 0 Å². The molecule has 1 atom stereocenters. The van der Waals surface area contributed by atoms with Crippen molar-refractivity contribution in [1.82, 2.24) is 0 Å². The van der Waals surface area contributed by atoms with Crippen molar-refractivity contribution >= 4 is 8.58 Å². The van der Waals surface area contributed by atoms with Gasteiger partial charge < -0.3 is 18.2 Å². The average Bonchev–Trinajstić information content (AvgIpc) is 1.62. The molecule has 0 amide bonds. The molecule has 0 aliphatic rings. The summed E-state index contributed by atoms with van der Waals surface area (Å²) in [6.45, 7) is 2.80. The number of quaternary nitrogens is 1. The van der Waals surface area contributed by atoms with Crippen molar-refractivity contribution in [2.45, 2.75) is 5.85 Å². The lowest BCUT2D eigenvalue weighted by Gasteiger charge is -2.31. The minimum Gasteiger partial charge on any atom is -0.505 e. The van der Waals surface area contributed by atoms with Gasteiger partial charge in [-0.2, -0.15) is 6.66 Å². The van der Waals surface area contributed by atoms with E-state index < -0.39 is 0 Å². The maximum atomic E-state index is 9.17. The second-order valence-corrected chi connectivity index (χ2v) is 4.32. The highest BCUT2D eigenvalue weighted by atomic mass is 31.1. The Morgan fingerprint density at radius 2 is 1.89 bits per heavy atom. The Balaban J connectivity index is 3.47. The molecular formula is C6H16NOP. The zero-order chi connectivity index (χ0) is 7.49. The largest absolute Gasteiger partial charge is 0.505 e. The highest BCUT2D eigenvalue weighted by molar-refractivity contribution is 7.37. The molecule has 1 N–H and O–H groups in total. The molecule has 0 aromatic rings. The number of likely N-dealkylation sites (N-methyl/N-ethyl adjacent to an activating group) is 1. The summed E-state index contributed by atoms with van der Waals surface area (Å²) in [5.74, 6) is -0.162. The fraction of sp³-hybridized carbons (Fsp3) is 1.00. The molecule has 3 heteroatoms. The van der Waals surface area contributed by atoms with Crippen LogP contribution in [0, 0.1) is 0 Å². The smallest absolute Gasteiger partial charge is 0.0770 e. The third-order valence-corrected chi connectivity index (χ3v) is 1.77. The van der Waals surface area contributed by atoms with Crippen molar-refractivity contribution in [3.05, 3.63) is 0 Å². The zero-order valence-corrected chi connectivity index (χ0v) is 7.52. The Labute approximate surface area is 59.2 Å². The van der Waals surface area contributed by atoms with Crippen molar-refractivity contribution < 1.29 is 9.59 Å². The molecule has 0 aromatic carbocycles. The van der Waals surface area contributed by atoms with Crippen molar-refractivity contribution in [2.75, 3.05) is 34.4 Å². The number of nitrogens with zero attached hydrogens (tertiary/aromatic N) is 1. The van der Waals surface area contributed by atoms with Gasteiger partial charge >= 0.3 is 0 Å². The van der Waals surface area contributed by atoms with Crippen LogP contribution in [0.5, 0.6) is 0 Å². The summed E-state index contributed by atoms with van der Waals surface area (Å²) >= 11 is 0. The lowest BCUT2D eigenvalue weighted by molar-refractivity contribution is -0.871. The van der Waals surface area contributed by atoms with Gasteiger partial charge in [0.15, 0.2) is 0 Å². The number of hydrogen-bond acceptors (Lipinski definition) is 1. The molecule has 56 valence electrons. The number of rotatable bonds is 3. The first-order valence-electron chi connectivity index (χ1n) is 3.03. The van der Waals surface area contributed by atoms with Crippen LogP contribution in [-0.2, 0) is 0 Å². The Kier molecular flexibility index (Phi) is 3.64. The summed E-state index contributed by atoms with van der Waals surface area (Å²) in [6, 6.07) is 0. The van der Waals surface area contributed by atoms with E-state index in [1.807, 2.05) is 6.66 Å². The van der Waals surface area contributed by atoms with E-state index in [-0.39, 0.29) is 5.85 Å². The molecule has 0 radical (unpaired) electrons. The standard InChI is InChI=1S/C6H16NOP/c1-7(2,3)5-6(8)9-4/h6,8H,5H2,1-4H3. The quantitative estimate of drug-likeness (QED) is 0.460. The molecule has 0 heterocycles. The molecule has 0 saturated carbocycles. The maximum absolute atomic E-state index is 9.17. The summed E-state index contributed by atoms with van der Waals surface area (Å²) in [7, 11) is 7.30. The van der Waals surface area contributed by atoms with Crippen LogP contribution in [0.2, 0.25) is 0 Å². The van der Waals surface area contributed by atoms with Crippen LogP contribution in [0.15, 0.2) is 0 Å². The Morgan fingerprint density at radius 1 is 1.44 bits per heavy atom. The van der Waals surface area contributed by atoms with Gasteiger partial charge in [0.25, 0.3) is 0 Å². The predicted octanol–water partition coefficient (Wildman–Crippen LogP) is 0.587. The Hall–Kier alpha value is 0.350. The van der Waals surface area contributed by atoms with Crippen molar-refractivity contribution in [1.29, 1.82) is 0 Å². The Morgan fingerprint density at radius 3 is 2.00 bits per heavy atom. The van der Waals surface area contributed by atoms with Crippen molar-refractivity contribution in [3.63, 3.8) is 0 Å². The fourth-order valence-corrected chi connectivity index (χ4v) is 1.22. The van der Waals surface area contributed by atoms with Gasteiger partial charge in [-0.3, -0.25) is 0 Å². The van der Waals surface area contributed by atoms with E-state index in [1.54, 1.807) is 0 Å². The number of hydrogen-bond donors (Lipinski definition) is 1. The molecular weight excluding hydrogens is 133 g/mol. The van der Waals surface area contributed by atoms with Gasteiger partial charge in [0.2, 0.25) is 0 Å². The third-order valence-electron chi connectivity index (χ3n) is 1.01. The van der Waals surface area contributed by atoms with Crippen LogP contribution in [0.4, 0.5) is 0 Å². The predicted molar refractivity (Wildman–Crippen MR) is 41.8 cm³/mol. The number of aliphatic hydroxyl groups excluding tert-OH is 1. The Bertz CT molecular complexity index is 79.6. The molecule has 0 saturated heterocycles. The van der Waals surface area contributed by atoms with Crippen LogP contribution in [0.25, 0.3) is 0 Å². The minimum absolute atomic E-state index is 0.162. The van der Waals surface area contributed by atoms with Crippen molar-refractivity contribution in [3.8, 4) is 0 Å². The second kappa shape index (κ2) is 3.50. The normalized spacial score (nSPS) is 17.0. The van der Waals surface area contributed by atoms with E-state index in [0.717, 1.165) is 19.6 Å². The van der Waals surface area contributed by atoms with E-state index in [1.165, 1.54) is 0 Å². The van der Waals surface area contributed by atoms with Gasteiger partial charge in [0, 0.05) is 0 Å². The minimum atomic E-state index is -0.162. The summed E-state index contributed by atoms with van der Waals surface area (Å²) in [6.07, 6.45) is 0. The van der Waals surface area contributed by atoms with E-state index >= 15 is 0 Å². The molecule has 0 rings (SSSR count). The van der Waals surface area contributed by atoms with Gasteiger partial charge in [-0.15, -0.1) is 0 Å². The summed E-state index contributed by atoms with van der Waals surface area (Å²) in [5, 5.41) is 9.17. The van der Waals surface area contributed by atoms with Crippen LogP contribution in [0.3, 0.4) is 0 Å². The van der Waals surface area contributed by atoms with Gasteiger partial charge in [-0.25, -0.2) is 0 Å². The third kappa shape index (κ3) is 6.23. The molecule has 1 unspecified atom stereocenters. The van der Waals surface area contributed by atoms with Crippen LogP contribution in [-0.4, -0.2) is 49.8 Å². The summed E-state index contributed by atoms with van der Waals surface area (Å²) in [5.41, 5.74) is 0. The van der Waals surface area contributed by atoms with E-state index in [2.05, 4.69) is 21.1 Å². The summed E-state index contributed by atoms with van der Waals surface area (Å²) in [4.78, 5) is 0. The van der Waals surface area contributed by atoms with E-state index in [9.17, 15) is 0 Å². The van der Waals surface area contributed by atoms with Gasteiger partial charge in [0.05, 0.1) is 27.7 Å². The van der Waals surface area contributed by atoms with Crippen LogP contribution >= 0.6 is 8.58 Å². The van der Waals surface area contributed by atoms with Crippen LogP contribution < -0.4 is 0 Å². The zero-order valence-electron chi connectivity index (χ0n) is 6.63. The molecule has 0 spiro atoms. The van der Waals surface area contributed by atoms with Crippen molar-refractivity contribution in [2.24, 2.45) is 0 Å². The van der Waals surface area contributed by atoms with E-state index in [4.69, 9.17) is 5.11 Å². The molecule has 0 fully saturated rings. The first-order valence-corrected chi connectivity index (χ1v) is 4.44. The van der Waals surface area contributed by atoms with Gasteiger partial charge in [-0.1, -0.05) is 0 Å². The lowest BCUT2D eigenvalue weighted by atomic mass is 10.5. The molecule has 9 heavy (non-hydrogen) atoms. The monoisotopic (exact) mass is 149 g/mol. The molecule has 0 bridgehead atoms. The highest BCUT2D eigenvalue weighted by Gasteiger charge is 2.06. The SMILES string of the molecule is C[P-]C(O)C[N+](C)(C)C. The van der Waals surface area contributed by atoms with Gasteiger partial charge in [0.1, 0.15) is 0 Å². The number of aliphatic hydroxyl groups is 1. The lowest BCUT2D eigenvalue weighted by Crippen LogP contribution is -2.39. The molecule has 0 aliphatic heterocycles. The fourth-order valence-electron chi connectivity index (χ4n) is 0.572. The first-order chi connectivity index (χ1) is 3.95. The molecule has 0 aromatic heterocycles. The van der Waals surface area contributed by atoms with Gasteiger partial charge in [-0.05, 0) is 5.85 Å². The molecule has 2 nitrogen and oxygen atoms in total. The average molecular weight is 149 g/mol. The second-order valence-electron chi connectivity index (χ2n) is 3.21. The first kappa shape index (κ1) is 9.35. The summed E-state index contributed by atoms with van der Waals surface area (Å²) < 4.78 is 0.835. The topological polar surface area (TPSA) is 20.2 Å². The van der Waals surface area contributed by atoms with Crippen LogP contribution in [0.1, 0.15) is 0 Å².